The number of likely N-dealkylation sites (tertiary alicyclic amines) is 1. The Kier molecular flexibility index (Phi) is 5.16. The molecule has 142 valence electrons. The third kappa shape index (κ3) is 4.00. The highest BCUT2D eigenvalue weighted by Gasteiger charge is 2.39. The van der Waals surface area contributed by atoms with Gasteiger partial charge >= 0.3 is 6.03 Å². The molecular weight excluding hydrogens is 358 g/mol. The van der Waals surface area contributed by atoms with E-state index in [0.29, 0.717) is 6.42 Å². The number of carbonyl (C=O) groups excluding carboxylic acids is 2. The van der Waals surface area contributed by atoms with Crippen molar-refractivity contribution in [3.05, 3.63) is 58.3 Å². The monoisotopic (exact) mass is 383 g/mol. The van der Waals surface area contributed by atoms with Crippen molar-refractivity contribution < 1.29 is 9.59 Å². The maximum atomic E-state index is 13.0. The predicted molar refractivity (Wildman–Crippen MR) is 107 cm³/mol. The minimum atomic E-state index is -0.122. The van der Waals surface area contributed by atoms with E-state index in [2.05, 4.69) is 28.8 Å². The van der Waals surface area contributed by atoms with Crippen LogP contribution in [0, 0.1) is 5.41 Å². The van der Waals surface area contributed by atoms with Crippen LogP contribution in [-0.4, -0.2) is 36.5 Å². The summed E-state index contributed by atoms with van der Waals surface area (Å²) in [6, 6.07) is 14.1. The summed E-state index contributed by atoms with van der Waals surface area (Å²) < 4.78 is 0. The second kappa shape index (κ2) is 7.72. The van der Waals surface area contributed by atoms with Gasteiger partial charge in [0, 0.05) is 30.9 Å². The van der Waals surface area contributed by atoms with Crippen LogP contribution in [0.25, 0.3) is 0 Å². The first-order valence-electron chi connectivity index (χ1n) is 9.56. The number of hydrogen-bond acceptors (Lipinski definition) is 3. The molecule has 2 N–H and O–H groups in total. The average molecular weight is 384 g/mol. The second-order valence-corrected chi connectivity index (χ2v) is 8.55. The Morgan fingerprint density at radius 3 is 2.52 bits per heavy atom. The van der Waals surface area contributed by atoms with Gasteiger partial charge < -0.3 is 15.5 Å². The van der Waals surface area contributed by atoms with E-state index in [9.17, 15) is 9.59 Å². The molecule has 0 aliphatic carbocycles. The lowest BCUT2D eigenvalue weighted by Crippen LogP contribution is -2.52. The predicted octanol–water partition coefficient (Wildman–Crippen LogP) is 3.54. The highest BCUT2D eigenvalue weighted by molar-refractivity contribution is 7.10. The molecule has 3 heterocycles. The van der Waals surface area contributed by atoms with Crippen molar-refractivity contribution in [2.75, 3.05) is 19.6 Å². The van der Waals surface area contributed by atoms with E-state index in [1.165, 1.54) is 0 Å². The topological polar surface area (TPSA) is 61.4 Å². The van der Waals surface area contributed by atoms with Crippen molar-refractivity contribution in [2.45, 2.75) is 31.7 Å². The molecule has 2 aromatic rings. The van der Waals surface area contributed by atoms with Gasteiger partial charge in [-0.25, -0.2) is 4.79 Å². The van der Waals surface area contributed by atoms with E-state index < -0.39 is 0 Å². The first-order valence-corrected chi connectivity index (χ1v) is 10.4. The summed E-state index contributed by atoms with van der Waals surface area (Å²) in [5.74, 6) is 0.155. The van der Waals surface area contributed by atoms with Gasteiger partial charge in [0.2, 0.25) is 5.91 Å². The van der Waals surface area contributed by atoms with Crippen LogP contribution < -0.4 is 10.6 Å². The second-order valence-electron chi connectivity index (χ2n) is 7.57. The van der Waals surface area contributed by atoms with Gasteiger partial charge in [-0.3, -0.25) is 4.79 Å². The van der Waals surface area contributed by atoms with E-state index in [1.807, 2.05) is 34.5 Å². The molecular formula is C21H25N3O2S. The normalized spacial score (nSPS) is 20.1. The molecule has 2 aliphatic rings. The van der Waals surface area contributed by atoms with Gasteiger partial charge in [0.05, 0.1) is 6.04 Å². The van der Waals surface area contributed by atoms with Crippen molar-refractivity contribution in [2.24, 2.45) is 5.41 Å². The number of carbonyl (C=O) groups is 2. The quantitative estimate of drug-likeness (QED) is 0.852. The maximum absolute atomic E-state index is 13.0. The van der Waals surface area contributed by atoms with Crippen molar-refractivity contribution in [3.63, 3.8) is 0 Å². The summed E-state index contributed by atoms with van der Waals surface area (Å²) in [4.78, 5) is 27.5. The zero-order valence-electron chi connectivity index (χ0n) is 15.3. The number of urea groups is 1. The van der Waals surface area contributed by atoms with Gasteiger partial charge in [0.25, 0.3) is 0 Å². The summed E-state index contributed by atoms with van der Waals surface area (Å²) in [6.45, 7) is 2.24. The smallest absolute Gasteiger partial charge is 0.318 e. The third-order valence-electron chi connectivity index (χ3n) is 5.88. The summed E-state index contributed by atoms with van der Waals surface area (Å²) in [7, 11) is 0. The molecule has 5 nitrogen and oxygen atoms in total. The molecule has 2 saturated heterocycles. The Morgan fingerprint density at radius 1 is 1.11 bits per heavy atom. The van der Waals surface area contributed by atoms with Gasteiger partial charge in [-0.2, -0.15) is 0 Å². The number of rotatable bonds is 3. The number of hydrogen-bond donors (Lipinski definition) is 2. The Labute approximate surface area is 163 Å². The van der Waals surface area contributed by atoms with Gasteiger partial charge in [-0.1, -0.05) is 36.4 Å². The third-order valence-corrected chi connectivity index (χ3v) is 6.82. The molecule has 0 bridgehead atoms. The fourth-order valence-electron chi connectivity index (χ4n) is 4.09. The van der Waals surface area contributed by atoms with Gasteiger partial charge in [-0.15, -0.1) is 11.3 Å². The fourth-order valence-corrected chi connectivity index (χ4v) is 4.89. The van der Waals surface area contributed by atoms with Crippen LogP contribution in [0.15, 0.2) is 47.8 Å². The standard InChI is InChI=1S/C21H25N3O2S/c25-18-8-9-21(15-22-18)10-12-24(13-11-21)20(26)23-19(17-7-4-14-27-17)16-5-2-1-3-6-16/h1-7,14,19H,8-13,15H2,(H,22,25)(H,23,26). The minimum Gasteiger partial charge on any atom is -0.356 e. The van der Waals surface area contributed by atoms with Crippen LogP contribution in [-0.2, 0) is 4.79 Å². The number of nitrogens with one attached hydrogen (secondary N) is 2. The maximum Gasteiger partial charge on any atom is 0.318 e. The fraction of sp³-hybridized carbons (Fsp3) is 0.429. The Bertz CT molecular complexity index is 771. The highest BCUT2D eigenvalue weighted by Crippen LogP contribution is 2.37. The SMILES string of the molecule is O=C1CCC2(CCN(C(=O)NC(c3ccccc3)c3cccs3)CC2)CN1. The molecule has 0 saturated carbocycles. The zero-order valence-corrected chi connectivity index (χ0v) is 16.1. The summed E-state index contributed by atoms with van der Waals surface area (Å²) >= 11 is 1.66. The first kappa shape index (κ1) is 18.0. The highest BCUT2D eigenvalue weighted by atomic mass is 32.1. The van der Waals surface area contributed by atoms with Crippen LogP contribution in [0.5, 0.6) is 0 Å². The molecule has 1 atom stereocenters. The molecule has 3 amide bonds. The largest absolute Gasteiger partial charge is 0.356 e. The van der Waals surface area contributed by atoms with Crippen molar-refractivity contribution >= 4 is 23.3 Å². The summed E-state index contributed by atoms with van der Waals surface area (Å²) in [5.41, 5.74) is 1.27. The van der Waals surface area contributed by atoms with Crippen molar-refractivity contribution in [1.82, 2.24) is 15.5 Å². The number of nitrogens with zero attached hydrogens (tertiary/aromatic N) is 1. The minimum absolute atomic E-state index is 0.00746. The van der Waals surface area contributed by atoms with Crippen LogP contribution in [0.4, 0.5) is 4.79 Å². The van der Waals surface area contributed by atoms with Crippen molar-refractivity contribution in [1.29, 1.82) is 0 Å². The Morgan fingerprint density at radius 2 is 1.89 bits per heavy atom. The van der Waals surface area contributed by atoms with Crippen LogP contribution in [0.3, 0.4) is 0 Å². The van der Waals surface area contributed by atoms with E-state index in [4.69, 9.17) is 0 Å². The molecule has 2 fully saturated rings. The lowest BCUT2D eigenvalue weighted by atomic mass is 9.73. The molecule has 1 unspecified atom stereocenters. The molecule has 2 aliphatic heterocycles. The molecule has 0 radical (unpaired) electrons. The lowest BCUT2D eigenvalue weighted by molar-refractivity contribution is -0.125. The molecule has 6 heteroatoms. The van der Waals surface area contributed by atoms with Crippen LogP contribution in [0.2, 0.25) is 0 Å². The molecule has 27 heavy (non-hydrogen) atoms. The van der Waals surface area contributed by atoms with Gasteiger partial charge in [-0.05, 0) is 41.7 Å². The summed E-state index contributed by atoms with van der Waals surface area (Å²) in [5, 5.41) is 8.27. The van der Waals surface area contributed by atoms with Crippen LogP contribution in [0.1, 0.15) is 42.2 Å². The Balaban J connectivity index is 1.41. The molecule has 1 spiro atoms. The van der Waals surface area contributed by atoms with Gasteiger partial charge in [0.1, 0.15) is 0 Å². The first-order chi connectivity index (χ1) is 13.2. The van der Waals surface area contributed by atoms with Gasteiger partial charge in [0.15, 0.2) is 0 Å². The molecule has 1 aromatic heterocycles. The van der Waals surface area contributed by atoms with E-state index in [1.54, 1.807) is 11.3 Å². The lowest BCUT2D eigenvalue weighted by Gasteiger charge is -2.44. The summed E-state index contributed by atoms with van der Waals surface area (Å²) in [6.07, 6.45) is 3.46. The van der Waals surface area contributed by atoms with E-state index in [-0.39, 0.29) is 23.4 Å². The number of piperidine rings is 2. The number of benzene rings is 1. The molecule has 1 aromatic carbocycles. The Hall–Kier alpha value is -2.34. The molecule has 4 rings (SSSR count). The average Bonchev–Trinajstić information content (AvgIpc) is 3.24. The van der Waals surface area contributed by atoms with E-state index >= 15 is 0 Å². The number of thiophene rings is 1. The number of amides is 3. The van der Waals surface area contributed by atoms with E-state index in [0.717, 1.165) is 49.3 Å². The van der Waals surface area contributed by atoms with Crippen molar-refractivity contribution in [3.8, 4) is 0 Å². The zero-order chi connectivity index (χ0) is 18.7. The van der Waals surface area contributed by atoms with Crippen LogP contribution >= 0.6 is 11.3 Å².